The summed E-state index contributed by atoms with van der Waals surface area (Å²) in [5.41, 5.74) is 5.74. The lowest BCUT2D eigenvalue weighted by Gasteiger charge is -2.33. The van der Waals surface area contributed by atoms with Gasteiger partial charge in [0.1, 0.15) is 11.4 Å². The van der Waals surface area contributed by atoms with Gasteiger partial charge >= 0.3 is 6.03 Å². The molecule has 10 heteroatoms. The number of pyridine rings is 1. The molecule has 2 aromatic heterocycles. The van der Waals surface area contributed by atoms with Crippen LogP contribution in [0.25, 0.3) is 11.4 Å². The number of nitrogens with two attached hydrogens (primary N) is 1. The molecule has 0 aromatic carbocycles. The molecule has 150 valence electrons. The third kappa shape index (κ3) is 4.44. The van der Waals surface area contributed by atoms with Gasteiger partial charge in [0.05, 0.1) is 18.3 Å². The number of rotatable bonds is 3. The first-order valence-electron chi connectivity index (χ1n) is 9.04. The molecule has 0 saturated carbocycles. The zero-order valence-corrected chi connectivity index (χ0v) is 16.2. The Bertz CT molecular complexity index is 882. The van der Waals surface area contributed by atoms with Crippen molar-refractivity contribution in [3.63, 3.8) is 0 Å². The maximum absolute atomic E-state index is 14.6. The van der Waals surface area contributed by atoms with Gasteiger partial charge in [0.15, 0.2) is 5.82 Å². The Labute approximate surface area is 162 Å². The van der Waals surface area contributed by atoms with Crippen molar-refractivity contribution in [2.45, 2.75) is 27.3 Å². The molecule has 2 aromatic rings. The number of halogens is 1. The second kappa shape index (κ2) is 7.53. The van der Waals surface area contributed by atoms with E-state index in [9.17, 15) is 14.0 Å². The highest BCUT2D eigenvalue weighted by Crippen LogP contribution is 2.21. The Balaban J connectivity index is 1.72. The number of primary amides is 1. The minimum Gasteiger partial charge on any atom is -0.351 e. The number of aromatic nitrogens is 4. The lowest BCUT2D eigenvalue weighted by molar-refractivity contribution is 0.0668. The van der Waals surface area contributed by atoms with Gasteiger partial charge in [0, 0.05) is 32.4 Å². The van der Waals surface area contributed by atoms with E-state index in [0.717, 1.165) is 6.07 Å². The summed E-state index contributed by atoms with van der Waals surface area (Å²) in [5, 5.41) is 8.43. The average Bonchev–Trinajstić information content (AvgIpc) is 3.07. The smallest absolute Gasteiger partial charge is 0.314 e. The topological polar surface area (TPSA) is 110 Å². The molecule has 0 unspecified atom stereocenters. The highest BCUT2D eigenvalue weighted by molar-refractivity contribution is 5.94. The van der Waals surface area contributed by atoms with Crippen LogP contribution in [0.5, 0.6) is 0 Å². The van der Waals surface area contributed by atoms with Crippen LogP contribution in [0.3, 0.4) is 0 Å². The number of hydrogen-bond donors (Lipinski definition) is 1. The molecule has 3 rings (SSSR count). The first kappa shape index (κ1) is 19.7. The van der Waals surface area contributed by atoms with Crippen LogP contribution in [-0.4, -0.2) is 67.9 Å². The van der Waals surface area contributed by atoms with Crippen molar-refractivity contribution in [3.8, 4) is 11.4 Å². The van der Waals surface area contributed by atoms with Crippen LogP contribution in [0.2, 0.25) is 0 Å². The molecule has 3 amide bonds. The number of carbonyl (C=O) groups excluding carboxylic acids is 2. The van der Waals surface area contributed by atoms with E-state index in [1.807, 2.05) is 0 Å². The molecule has 0 spiro atoms. The van der Waals surface area contributed by atoms with E-state index in [1.54, 1.807) is 4.90 Å². The quantitative estimate of drug-likeness (QED) is 0.852. The summed E-state index contributed by atoms with van der Waals surface area (Å²) < 4.78 is 14.6. The molecule has 0 atom stereocenters. The molecule has 1 aliphatic heterocycles. The average molecular weight is 389 g/mol. The van der Waals surface area contributed by atoms with E-state index < -0.39 is 11.8 Å². The summed E-state index contributed by atoms with van der Waals surface area (Å²) >= 11 is 0. The van der Waals surface area contributed by atoms with Gasteiger partial charge in [-0.2, -0.15) is 15.0 Å². The number of hydrogen-bond acceptors (Lipinski definition) is 5. The van der Waals surface area contributed by atoms with E-state index >= 15 is 0 Å². The van der Waals surface area contributed by atoms with Gasteiger partial charge in [0.2, 0.25) is 0 Å². The SMILES string of the molecule is CC(C)(C)Cn1ncc(-c2ncc(C(=O)N3CCN(C(N)=O)CC3)cc2F)n1. The third-order valence-electron chi connectivity index (χ3n) is 4.36. The maximum Gasteiger partial charge on any atom is 0.314 e. The second-order valence-electron chi connectivity index (χ2n) is 7.99. The molecule has 0 aliphatic carbocycles. The van der Waals surface area contributed by atoms with E-state index in [0.29, 0.717) is 38.4 Å². The molecular formula is C18H24FN7O2. The van der Waals surface area contributed by atoms with Gasteiger partial charge in [-0.15, -0.1) is 0 Å². The predicted molar refractivity (Wildman–Crippen MR) is 99.7 cm³/mol. The van der Waals surface area contributed by atoms with Gasteiger partial charge in [-0.25, -0.2) is 9.18 Å². The van der Waals surface area contributed by atoms with Crippen LogP contribution in [0.4, 0.5) is 9.18 Å². The summed E-state index contributed by atoms with van der Waals surface area (Å²) in [6.07, 6.45) is 2.80. The Morgan fingerprint density at radius 2 is 1.79 bits per heavy atom. The molecule has 0 radical (unpaired) electrons. The summed E-state index contributed by atoms with van der Waals surface area (Å²) in [6.45, 7) is 8.13. The van der Waals surface area contributed by atoms with Crippen molar-refractivity contribution >= 4 is 11.9 Å². The molecule has 1 saturated heterocycles. The van der Waals surface area contributed by atoms with Crippen molar-refractivity contribution in [2.75, 3.05) is 26.2 Å². The van der Waals surface area contributed by atoms with Gasteiger partial charge < -0.3 is 15.5 Å². The fourth-order valence-corrected chi connectivity index (χ4v) is 2.96. The van der Waals surface area contributed by atoms with Crippen LogP contribution < -0.4 is 5.73 Å². The van der Waals surface area contributed by atoms with Crippen LogP contribution in [-0.2, 0) is 6.54 Å². The normalized spacial score (nSPS) is 15.0. The molecular weight excluding hydrogens is 365 g/mol. The molecule has 2 N–H and O–H groups in total. The van der Waals surface area contributed by atoms with Crippen LogP contribution in [0.1, 0.15) is 31.1 Å². The summed E-state index contributed by atoms with van der Waals surface area (Å²) in [7, 11) is 0. The Morgan fingerprint density at radius 3 is 2.36 bits per heavy atom. The maximum atomic E-state index is 14.6. The molecule has 9 nitrogen and oxygen atoms in total. The Hall–Kier alpha value is -3.04. The van der Waals surface area contributed by atoms with E-state index in [-0.39, 0.29) is 22.6 Å². The summed E-state index contributed by atoms with van der Waals surface area (Å²) in [5.74, 6) is -0.970. The predicted octanol–water partition coefficient (Wildman–Crippen LogP) is 1.36. The highest BCUT2D eigenvalue weighted by Gasteiger charge is 2.25. The zero-order valence-electron chi connectivity index (χ0n) is 16.2. The minimum absolute atomic E-state index is 0.0168. The number of piperazine rings is 1. The van der Waals surface area contributed by atoms with Crippen LogP contribution in [0, 0.1) is 11.2 Å². The molecule has 28 heavy (non-hydrogen) atoms. The van der Waals surface area contributed by atoms with Gasteiger partial charge in [-0.05, 0) is 11.5 Å². The van der Waals surface area contributed by atoms with Crippen molar-refractivity contribution in [1.82, 2.24) is 29.8 Å². The number of urea groups is 1. The largest absolute Gasteiger partial charge is 0.351 e. The standard InChI is InChI=1S/C18H24FN7O2/c1-18(2,3)11-26-22-10-14(23-26)15-13(19)8-12(9-21-15)16(27)24-4-6-25(7-5-24)17(20)28/h8-10H,4-7,11H2,1-3H3,(H2,20,28). The summed E-state index contributed by atoms with van der Waals surface area (Å²) in [6, 6.07) is 0.650. The van der Waals surface area contributed by atoms with Gasteiger partial charge in [0.25, 0.3) is 5.91 Å². The van der Waals surface area contributed by atoms with Crippen molar-refractivity contribution in [1.29, 1.82) is 0 Å². The molecule has 1 aliphatic rings. The first-order chi connectivity index (χ1) is 13.1. The van der Waals surface area contributed by atoms with Crippen molar-refractivity contribution in [2.24, 2.45) is 11.1 Å². The fraction of sp³-hybridized carbons (Fsp3) is 0.500. The van der Waals surface area contributed by atoms with E-state index in [1.165, 1.54) is 22.1 Å². The monoisotopic (exact) mass is 389 g/mol. The van der Waals surface area contributed by atoms with E-state index in [4.69, 9.17) is 5.73 Å². The first-order valence-corrected chi connectivity index (χ1v) is 9.04. The van der Waals surface area contributed by atoms with Crippen molar-refractivity contribution in [3.05, 3.63) is 29.8 Å². The highest BCUT2D eigenvalue weighted by atomic mass is 19.1. The number of amides is 3. The lowest BCUT2D eigenvalue weighted by atomic mass is 9.97. The summed E-state index contributed by atoms with van der Waals surface area (Å²) in [4.78, 5) is 32.4. The molecule has 1 fully saturated rings. The molecule has 0 bridgehead atoms. The van der Waals surface area contributed by atoms with Gasteiger partial charge in [-0.3, -0.25) is 9.78 Å². The van der Waals surface area contributed by atoms with Crippen molar-refractivity contribution < 1.29 is 14.0 Å². The van der Waals surface area contributed by atoms with E-state index in [2.05, 4.69) is 36.0 Å². The number of carbonyl (C=O) groups is 2. The number of nitrogens with zero attached hydrogens (tertiary/aromatic N) is 6. The van der Waals surface area contributed by atoms with Gasteiger partial charge in [-0.1, -0.05) is 20.8 Å². The fourth-order valence-electron chi connectivity index (χ4n) is 2.96. The Kier molecular flexibility index (Phi) is 5.30. The molecule has 3 heterocycles. The lowest BCUT2D eigenvalue weighted by Crippen LogP contribution is -2.52. The van der Waals surface area contributed by atoms with Crippen LogP contribution in [0.15, 0.2) is 18.5 Å². The van der Waals surface area contributed by atoms with Crippen LogP contribution >= 0.6 is 0 Å². The zero-order chi connectivity index (χ0) is 20.5. The third-order valence-corrected chi connectivity index (χ3v) is 4.36. The Morgan fingerprint density at radius 1 is 1.14 bits per heavy atom. The minimum atomic E-state index is -0.635. The second-order valence-corrected chi connectivity index (χ2v) is 7.99.